The van der Waals surface area contributed by atoms with E-state index in [1.807, 2.05) is 59.5 Å². The van der Waals surface area contributed by atoms with Gasteiger partial charge in [-0.2, -0.15) is 0 Å². The second-order valence-corrected chi connectivity index (χ2v) is 7.93. The normalized spacial score (nSPS) is 17.8. The molecule has 0 bridgehead atoms. The summed E-state index contributed by atoms with van der Waals surface area (Å²) in [5.74, 6) is -0.197. The van der Waals surface area contributed by atoms with Crippen molar-refractivity contribution in [1.82, 2.24) is 14.7 Å². The summed E-state index contributed by atoms with van der Waals surface area (Å²) in [5, 5.41) is 0. The van der Waals surface area contributed by atoms with Crippen molar-refractivity contribution in [3.8, 4) is 5.75 Å². The molecule has 2 heterocycles. The van der Waals surface area contributed by atoms with E-state index in [-0.39, 0.29) is 11.9 Å². The lowest BCUT2D eigenvalue weighted by atomic mass is 10.0. The van der Waals surface area contributed by atoms with Gasteiger partial charge in [0.1, 0.15) is 5.75 Å². The predicted molar refractivity (Wildman–Crippen MR) is 115 cm³/mol. The zero-order valence-electron chi connectivity index (χ0n) is 17.7. The van der Waals surface area contributed by atoms with Gasteiger partial charge in [0.25, 0.3) is 5.91 Å². The molecule has 0 aliphatic carbocycles. The first-order valence-corrected chi connectivity index (χ1v) is 10.6. The third-order valence-corrected chi connectivity index (χ3v) is 6.11. The highest BCUT2D eigenvalue weighted by Crippen LogP contribution is 2.24. The minimum Gasteiger partial charge on any atom is -0.496 e. The number of amides is 3. The molecule has 0 saturated carbocycles. The molecular weight excluding hydrogens is 394 g/mol. The Morgan fingerprint density at radius 2 is 1.58 bits per heavy atom. The summed E-state index contributed by atoms with van der Waals surface area (Å²) in [7, 11) is 1.60. The van der Waals surface area contributed by atoms with Crippen molar-refractivity contribution in [3.63, 3.8) is 0 Å². The number of piperazine rings is 1. The molecule has 3 amide bonds. The molecule has 0 unspecified atom stereocenters. The number of methoxy groups -OCH3 is 1. The summed E-state index contributed by atoms with van der Waals surface area (Å²) in [6.45, 7) is 2.53. The Hall–Kier alpha value is -3.35. The number of hydrogen-bond acceptors (Lipinski definition) is 4. The van der Waals surface area contributed by atoms with Gasteiger partial charge in [-0.1, -0.05) is 36.4 Å². The van der Waals surface area contributed by atoms with E-state index in [1.54, 1.807) is 16.9 Å². The van der Waals surface area contributed by atoms with Crippen LogP contribution in [-0.4, -0.2) is 71.8 Å². The fraction of sp³-hybridized carbons (Fsp3) is 0.375. The maximum absolute atomic E-state index is 12.8. The molecule has 2 aliphatic rings. The molecule has 2 aromatic rings. The molecule has 2 saturated heterocycles. The first-order valence-electron chi connectivity index (χ1n) is 10.6. The number of nitrogens with zero attached hydrogens (tertiary/aromatic N) is 3. The van der Waals surface area contributed by atoms with Crippen molar-refractivity contribution >= 4 is 17.7 Å². The van der Waals surface area contributed by atoms with Gasteiger partial charge >= 0.3 is 11.8 Å². The summed E-state index contributed by atoms with van der Waals surface area (Å²) in [5.41, 5.74) is 1.56. The number of carbonyl (C=O) groups excluding carboxylic acids is 3. The van der Waals surface area contributed by atoms with Gasteiger partial charge in [-0.25, -0.2) is 0 Å². The van der Waals surface area contributed by atoms with Crippen LogP contribution >= 0.6 is 0 Å². The zero-order valence-corrected chi connectivity index (χ0v) is 17.7. The van der Waals surface area contributed by atoms with Crippen LogP contribution in [0, 0.1) is 0 Å². The van der Waals surface area contributed by atoms with Crippen LogP contribution in [0.5, 0.6) is 5.75 Å². The van der Waals surface area contributed by atoms with Crippen LogP contribution in [0.1, 0.15) is 28.8 Å². The van der Waals surface area contributed by atoms with E-state index in [0.29, 0.717) is 56.9 Å². The van der Waals surface area contributed by atoms with E-state index >= 15 is 0 Å². The summed E-state index contributed by atoms with van der Waals surface area (Å²) in [6.07, 6.45) is 1.37. The second-order valence-electron chi connectivity index (χ2n) is 7.93. The van der Waals surface area contributed by atoms with E-state index in [0.717, 1.165) is 5.56 Å². The third-order valence-electron chi connectivity index (χ3n) is 6.11. The number of hydrogen-bond donors (Lipinski definition) is 0. The number of carbonyl (C=O) groups is 3. The maximum atomic E-state index is 12.8. The monoisotopic (exact) mass is 421 g/mol. The Morgan fingerprint density at radius 1 is 0.903 bits per heavy atom. The highest BCUT2D eigenvalue weighted by atomic mass is 16.5. The minimum atomic E-state index is -0.472. The Kier molecular flexibility index (Phi) is 6.21. The molecule has 0 radical (unpaired) electrons. The molecule has 0 atom stereocenters. The van der Waals surface area contributed by atoms with E-state index in [9.17, 15) is 14.4 Å². The van der Waals surface area contributed by atoms with Gasteiger partial charge in [0.15, 0.2) is 0 Å². The van der Waals surface area contributed by atoms with Crippen LogP contribution < -0.4 is 4.74 Å². The van der Waals surface area contributed by atoms with Crippen LogP contribution in [0.4, 0.5) is 0 Å². The summed E-state index contributed by atoms with van der Waals surface area (Å²) in [6, 6.07) is 16.8. The van der Waals surface area contributed by atoms with Gasteiger partial charge in [-0.15, -0.1) is 0 Å². The maximum Gasteiger partial charge on any atom is 0.312 e. The molecule has 2 fully saturated rings. The van der Waals surface area contributed by atoms with Crippen molar-refractivity contribution in [2.24, 2.45) is 0 Å². The Balaban J connectivity index is 1.34. The Labute approximate surface area is 182 Å². The van der Waals surface area contributed by atoms with E-state index in [1.165, 1.54) is 0 Å². The largest absolute Gasteiger partial charge is 0.496 e. The Morgan fingerprint density at radius 3 is 2.29 bits per heavy atom. The number of ether oxygens (including phenoxy) is 1. The molecule has 2 aliphatic heterocycles. The second kappa shape index (κ2) is 9.20. The van der Waals surface area contributed by atoms with Crippen molar-refractivity contribution in [2.75, 3.05) is 33.3 Å². The fourth-order valence-corrected chi connectivity index (χ4v) is 4.37. The molecule has 7 heteroatoms. The fourth-order valence-electron chi connectivity index (χ4n) is 4.37. The van der Waals surface area contributed by atoms with Crippen molar-refractivity contribution in [2.45, 2.75) is 25.4 Å². The molecule has 2 aromatic carbocycles. The average molecular weight is 421 g/mol. The zero-order chi connectivity index (χ0) is 21.8. The topological polar surface area (TPSA) is 70.2 Å². The highest BCUT2D eigenvalue weighted by molar-refractivity contribution is 6.35. The number of likely N-dealkylation sites (tertiary alicyclic amines) is 1. The summed E-state index contributed by atoms with van der Waals surface area (Å²) in [4.78, 5) is 43.4. The molecule has 162 valence electrons. The number of piperidine rings is 1. The molecule has 0 N–H and O–H groups in total. The SMILES string of the molecule is COc1ccccc1CN1CCN(C2CCN(C(=O)c3ccccc3)CC2)C(=O)C1=O. The van der Waals surface area contributed by atoms with Gasteiger partial charge in [0.2, 0.25) is 0 Å². The molecule has 31 heavy (non-hydrogen) atoms. The Bertz CT molecular complexity index is 954. The van der Waals surface area contributed by atoms with Gasteiger partial charge < -0.3 is 19.4 Å². The first kappa shape index (κ1) is 20.9. The number of benzene rings is 2. The quantitative estimate of drug-likeness (QED) is 0.694. The van der Waals surface area contributed by atoms with E-state index in [4.69, 9.17) is 4.74 Å². The molecule has 7 nitrogen and oxygen atoms in total. The molecule has 4 rings (SSSR count). The number of rotatable bonds is 5. The van der Waals surface area contributed by atoms with Gasteiger partial charge in [-0.3, -0.25) is 14.4 Å². The van der Waals surface area contributed by atoms with Crippen LogP contribution in [0.3, 0.4) is 0 Å². The van der Waals surface area contributed by atoms with Crippen molar-refractivity contribution < 1.29 is 19.1 Å². The standard InChI is InChI=1S/C24H27N3O4/c1-31-21-10-6-5-9-19(21)17-26-15-16-27(24(30)23(26)29)20-11-13-25(14-12-20)22(28)18-7-3-2-4-8-18/h2-10,20H,11-17H2,1H3. The van der Waals surface area contributed by atoms with Gasteiger partial charge in [0, 0.05) is 49.9 Å². The van der Waals surface area contributed by atoms with Crippen LogP contribution in [0.25, 0.3) is 0 Å². The van der Waals surface area contributed by atoms with E-state index < -0.39 is 11.8 Å². The lowest BCUT2D eigenvalue weighted by molar-refractivity contribution is -0.158. The highest BCUT2D eigenvalue weighted by Gasteiger charge is 2.38. The third kappa shape index (κ3) is 4.40. The number of para-hydroxylation sites is 1. The van der Waals surface area contributed by atoms with Crippen molar-refractivity contribution in [1.29, 1.82) is 0 Å². The lowest BCUT2D eigenvalue weighted by Gasteiger charge is -2.42. The van der Waals surface area contributed by atoms with Crippen LogP contribution in [0.2, 0.25) is 0 Å². The van der Waals surface area contributed by atoms with Crippen LogP contribution in [-0.2, 0) is 16.1 Å². The van der Waals surface area contributed by atoms with E-state index in [2.05, 4.69) is 0 Å². The minimum absolute atomic E-state index is 0.00955. The molecule has 0 spiro atoms. The first-order chi connectivity index (χ1) is 15.1. The average Bonchev–Trinajstić information content (AvgIpc) is 2.83. The smallest absolute Gasteiger partial charge is 0.312 e. The molecular formula is C24H27N3O4. The molecule has 0 aromatic heterocycles. The van der Waals surface area contributed by atoms with Crippen LogP contribution in [0.15, 0.2) is 54.6 Å². The predicted octanol–water partition coefficient (Wildman–Crippen LogP) is 2.17. The lowest BCUT2D eigenvalue weighted by Crippen LogP contribution is -2.59. The summed E-state index contributed by atoms with van der Waals surface area (Å²) < 4.78 is 5.36. The van der Waals surface area contributed by atoms with Gasteiger partial charge in [0.05, 0.1) is 7.11 Å². The van der Waals surface area contributed by atoms with Gasteiger partial charge in [-0.05, 0) is 31.0 Å². The van der Waals surface area contributed by atoms with Crippen molar-refractivity contribution in [3.05, 3.63) is 65.7 Å². The summed E-state index contributed by atoms with van der Waals surface area (Å²) >= 11 is 0.